The van der Waals surface area contributed by atoms with Crippen molar-refractivity contribution in [2.45, 2.75) is 26.7 Å². The molecule has 2 fully saturated rings. The lowest BCUT2D eigenvalue weighted by Gasteiger charge is -2.30. The summed E-state index contributed by atoms with van der Waals surface area (Å²) in [6.07, 6.45) is 4.94. The standard InChI is InChI=1S/C11H16N2/c1-6-3-8-4-9(6)10-5-12-13-7(2)11(8)10/h5-6,8-10,13H,3-4H2,1-2H3. The molecule has 2 nitrogen and oxygen atoms in total. The van der Waals surface area contributed by atoms with Crippen molar-refractivity contribution in [2.24, 2.45) is 28.8 Å². The van der Waals surface area contributed by atoms with E-state index in [2.05, 4.69) is 30.6 Å². The molecule has 3 aliphatic rings. The van der Waals surface area contributed by atoms with Crippen molar-refractivity contribution in [3.05, 3.63) is 11.3 Å². The Balaban J connectivity index is 2.03. The second kappa shape index (κ2) is 2.37. The number of hydrazone groups is 1. The normalized spacial score (nSPS) is 46.6. The lowest BCUT2D eigenvalue weighted by Crippen LogP contribution is -2.28. The third-order valence-corrected chi connectivity index (χ3v) is 4.10. The summed E-state index contributed by atoms with van der Waals surface area (Å²) in [5, 5.41) is 4.22. The zero-order valence-electron chi connectivity index (χ0n) is 8.25. The summed E-state index contributed by atoms with van der Waals surface area (Å²) in [5.74, 6) is 3.34. The van der Waals surface area contributed by atoms with Gasteiger partial charge in [-0.3, -0.25) is 5.43 Å². The van der Waals surface area contributed by atoms with E-state index >= 15 is 0 Å². The van der Waals surface area contributed by atoms with E-state index in [0.717, 1.165) is 17.8 Å². The van der Waals surface area contributed by atoms with E-state index in [1.54, 1.807) is 5.57 Å². The van der Waals surface area contributed by atoms with E-state index in [-0.39, 0.29) is 0 Å². The van der Waals surface area contributed by atoms with Gasteiger partial charge in [0.05, 0.1) is 0 Å². The molecule has 0 radical (unpaired) electrons. The summed E-state index contributed by atoms with van der Waals surface area (Å²) in [6.45, 7) is 4.57. The fraction of sp³-hybridized carbons (Fsp3) is 0.727. The van der Waals surface area contributed by atoms with Crippen molar-refractivity contribution in [3.8, 4) is 0 Å². The fourth-order valence-electron chi connectivity index (χ4n) is 3.56. The van der Waals surface area contributed by atoms with Gasteiger partial charge in [0.25, 0.3) is 0 Å². The Bertz CT molecular complexity index is 303. The largest absolute Gasteiger partial charge is 0.283 e. The molecule has 0 spiro atoms. The second-order valence-corrected chi connectivity index (χ2v) is 4.81. The number of hydrogen-bond acceptors (Lipinski definition) is 2. The quantitative estimate of drug-likeness (QED) is 0.601. The molecule has 1 N–H and O–H groups in total. The molecule has 4 atom stereocenters. The molecule has 0 saturated heterocycles. The molecular weight excluding hydrogens is 160 g/mol. The molecule has 0 aromatic carbocycles. The van der Waals surface area contributed by atoms with Crippen molar-refractivity contribution in [2.75, 3.05) is 0 Å². The highest BCUT2D eigenvalue weighted by Gasteiger charge is 2.48. The van der Waals surface area contributed by atoms with Crippen molar-refractivity contribution < 1.29 is 0 Å². The van der Waals surface area contributed by atoms with Gasteiger partial charge < -0.3 is 0 Å². The third-order valence-electron chi connectivity index (χ3n) is 4.10. The molecule has 70 valence electrons. The van der Waals surface area contributed by atoms with Gasteiger partial charge in [-0.15, -0.1) is 0 Å². The molecule has 0 amide bonds. The van der Waals surface area contributed by atoms with Gasteiger partial charge in [0, 0.05) is 17.8 Å². The summed E-state index contributed by atoms with van der Waals surface area (Å²) in [6, 6.07) is 0. The van der Waals surface area contributed by atoms with Gasteiger partial charge in [0.15, 0.2) is 0 Å². The number of nitrogens with one attached hydrogen (secondary N) is 1. The third kappa shape index (κ3) is 0.862. The Morgan fingerprint density at radius 1 is 1.46 bits per heavy atom. The molecule has 1 aliphatic heterocycles. The first kappa shape index (κ1) is 7.60. The number of rotatable bonds is 0. The van der Waals surface area contributed by atoms with Gasteiger partial charge in [-0.2, -0.15) is 5.10 Å². The Kier molecular flexibility index (Phi) is 1.38. The Morgan fingerprint density at radius 2 is 2.31 bits per heavy atom. The second-order valence-electron chi connectivity index (χ2n) is 4.81. The first-order chi connectivity index (χ1) is 6.27. The maximum Gasteiger partial charge on any atom is 0.0322 e. The predicted octanol–water partition coefficient (Wildman–Crippen LogP) is 2.14. The van der Waals surface area contributed by atoms with Crippen LogP contribution in [-0.2, 0) is 0 Å². The van der Waals surface area contributed by atoms with E-state index < -0.39 is 0 Å². The van der Waals surface area contributed by atoms with Crippen LogP contribution in [0.25, 0.3) is 0 Å². The number of allylic oxidation sites excluding steroid dienone is 2. The molecule has 0 aromatic rings. The van der Waals surface area contributed by atoms with Gasteiger partial charge in [0.2, 0.25) is 0 Å². The van der Waals surface area contributed by atoms with Crippen LogP contribution in [0.2, 0.25) is 0 Å². The molecule has 4 unspecified atom stereocenters. The minimum atomic E-state index is 0.676. The number of hydrogen-bond donors (Lipinski definition) is 1. The van der Waals surface area contributed by atoms with E-state index in [1.807, 2.05) is 0 Å². The van der Waals surface area contributed by atoms with Crippen LogP contribution in [0.1, 0.15) is 26.7 Å². The van der Waals surface area contributed by atoms with Gasteiger partial charge >= 0.3 is 0 Å². The van der Waals surface area contributed by atoms with Gasteiger partial charge in [-0.05, 0) is 43.1 Å². The Morgan fingerprint density at radius 3 is 3.15 bits per heavy atom. The van der Waals surface area contributed by atoms with Crippen molar-refractivity contribution in [3.63, 3.8) is 0 Å². The molecule has 1 heterocycles. The summed E-state index contributed by atoms with van der Waals surface area (Å²) < 4.78 is 0. The zero-order valence-corrected chi connectivity index (χ0v) is 8.25. The SMILES string of the molecule is CC1=C2C3CC(C)C(C3)C2C=NN1. The minimum absolute atomic E-state index is 0.676. The number of fused-ring (bicyclic) bond motifs is 5. The lowest BCUT2D eigenvalue weighted by molar-refractivity contribution is 0.358. The summed E-state index contributed by atoms with van der Waals surface area (Å²) in [4.78, 5) is 0. The predicted molar refractivity (Wildman–Crippen MR) is 53.2 cm³/mol. The van der Waals surface area contributed by atoms with E-state index in [1.165, 1.54) is 18.5 Å². The van der Waals surface area contributed by atoms with Crippen LogP contribution in [0, 0.1) is 23.7 Å². The smallest absolute Gasteiger partial charge is 0.0322 e. The molecule has 3 rings (SSSR count). The zero-order chi connectivity index (χ0) is 9.00. The van der Waals surface area contributed by atoms with Gasteiger partial charge in [-0.1, -0.05) is 6.92 Å². The lowest BCUT2D eigenvalue weighted by atomic mass is 9.78. The molecular formula is C11H16N2. The summed E-state index contributed by atoms with van der Waals surface area (Å²) in [5.41, 5.74) is 6.09. The van der Waals surface area contributed by atoms with E-state index in [4.69, 9.17) is 0 Å². The fourth-order valence-corrected chi connectivity index (χ4v) is 3.56. The highest BCUT2D eigenvalue weighted by molar-refractivity contribution is 5.69. The van der Waals surface area contributed by atoms with Crippen LogP contribution in [0.4, 0.5) is 0 Å². The molecule has 2 aliphatic carbocycles. The molecule has 0 aromatic heterocycles. The van der Waals surface area contributed by atoms with Crippen LogP contribution in [0.15, 0.2) is 16.4 Å². The average molecular weight is 176 g/mol. The molecule has 2 heteroatoms. The number of nitrogens with zero attached hydrogens (tertiary/aromatic N) is 1. The maximum absolute atomic E-state index is 4.22. The molecule has 13 heavy (non-hydrogen) atoms. The maximum atomic E-state index is 4.22. The first-order valence-corrected chi connectivity index (χ1v) is 5.27. The highest BCUT2D eigenvalue weighted by atomic mass is 15.3. The Labute approximate surface area is 79.1 Å². The van der Waals surface area contributed by atoms with Crippen molar-refractivity contribution in [1.82, 2.24) is 5.43 Å². The van der Waals surface area contributed by atoms with Crippen molar-refractivity contribution in [1.29, 1.82) is 0 Å². The van der Waals surface area contributed by atoms with Crippen LogP contribution in [0.3, 0.4) is 0 Å². The van der Waals surface area contributed by atoms with Crippen LogP contribution in [0.5, 0.6) is 0 Å². The van der Waals surface area contributed by atoms with Crippen LogP contribution >= 0.6 is 0 Å². The highest BCUT2D eigenvalue weighted by Crippen LogP contribution is 2.55. The topological polar surface area (TPSA) is 24.4 Å². The van der Waals surface area contributed by atoms with E-state index in [9.17, 15) is 0 Å². The Hall–Kier alpha value is -0.790. The van der Waals surface area contributed by atoms with Gasteiger partial charge in [-0.25, -0.2) is 0 Å². The van der Waals surface area contributed by atoms with Crippen LogP contribution in [-0.4, -0.2) is 6.21 Å². The average Bonchev–Trinajstić information content (AvgIpc) is 2.61. The van der Waals surface area contributed by atoms with E-state index in [0.29, 0.717) is 5.92 Å². The minimum Gasteiger partial charge on any atom is -0.283 e. The molecule has 2 bridgehead atoms. The van der Waals surface area contributed by atoms with Crippen LogP contribution < -0.4 is 5.43 Å². The van der Waals surface area contributed by atoms with Gasteiger partial charge in [0.1, 0.15) is 0 Å². The monoisotopic (exact) mass is 176 g/mol. The summed E-state index contributed by atoms with van der Waals surface area (Å²) >= 11 is 0. The van der Waals surface area contributed by atoms with Crippen molar-refractivity contribution >= 4 is 6.21 Å². The summed E-state index contributed by atoms with van der Waals surface area (Å²) in [7, 11) is 0. The first-order valence-electron chi connectivity index (χ1n) is 5.27. The molecule has 2 saturated carbocycles.